The predicted molar refractivity (Wildman–Crippen MR) is 64.0 cm³/mol. The second kappa shape index (κ2) is 8.41. The van der Waals surface area contributed by atoms with Crippen LogP contribution in [0, 0.1) is 11.3 Å². The van der Waals surface area contributed by atoms with Crippen LogP contribution >= 0.6 is 24.8 Å². The summed E-state index contributed by atoms with van der Waals surface area (Å²) in [6.45, 7) is 6.96. The molecule has 0 radical (unpaired) electrons. The van der Waals surface area contributed by atoms with Gasteiger partial charge in [-0.2, -0.15) is 0 Å². The van der Waals surface area contributed by atoms with Gasteiger partial charge in [0.25, 0.3) is 0 Å². The quantitative estimate of drug-likeness (QED) is 0.582. The zero-order chi connectivity index (χ0) is 8.48. The molecular formula is C10H22Cl2NTi-. The van der Waals surface area contributed by atoms with E-state index in [2.05, 4.69) is 20.8 Å². The molecule has 4 heteroatoms. The fourth-order valence-electron chi connectivity index (χ4n) is 1.96. The van der Waals surface area contributed by atoms with Crippen molar-refractivity contribution in [3.05, 3.63) is 5.73 Å². The SMILES string of the molecule is CC(C)(C)C1CCC([NH-])CC1.Cl.Cl.[Ti]. The molecule has 0 heterocycles. The van der Waals surface area contributed by atoms with Gasteiger partial charge in [0, 0.05) is 21.7 Å². The topological polar surface area (TPSA) is 23.8 Å². The minimum absolute atomic E-state index is 0. The van der Waals surface area contributed by atoms with Crippen LogP contribution in [-0.4, -0.2) is 6.04 Å². The Kier molecular flexibility index (Phi) is 12.4. The average molecular weight is 275 g/mol. The van der Waals surface area contributed by atoms with Crippen LogP contribution in [0.4, 0.5) is 0 Å². The van der Waals surface area contributed by atoms with Crippen molar-refractivity contribution in [2.75, 3.05) is 0 Å². The Morgan fingerprint density at radius 2 is 1.29 bits per heavy atom. The molecule has 0 saturated heterocycles. The molecule has 1 nitrogen and oxygen atoms in total. The zero-order valence-electron chi connectivity index (χ0n) is 9.30. The second-order valence-electron chi connectivity index (χ2n) is 4.91. The summed E-state index contributed by atoms with van der Waals surface area (Å²) in [5.74, 6) is 0.865. The largest absolute Gasteiger partial charge is 0.675 e. The second-order valence-corrected chi connectivity index (χ2v) is 4.91. The maximum absolute atomic E-state index is 7.57. The third-order valence-electron chi connectivity index (χ3n) is 2.95. The van der Waals surface area contributed by atoms with Crippen molar-refractivity contribution in [1.82, 2.24) is 0 Å². The van der Waals surface area contributed by atoms with E-state index < -0.39 is 0 Å². The normalized spacial score (nSPS) is 26.6. The van der Waals surface area contributed by atoms with Crippen LogP contribution in [0.5, 0.6) is 0 Å². The molecule has 0 amide bonds. The van der Waals surface area contributed by atoms with E-state index in [1.807, 2.05) is 0 Å². The molecule has 0 aromatic heterocycles. The van der Waals surface area contributed by atoms with E-state index >= 15 is 0 Å². The Labute approximate surface area is 116 Å². The molecule has 0 aromatic carbocycles. The van der Waals surface area contributed by atoms with Crippen LogP contribution in [0.25, 0.3) is 5.73 Å². The zero-order valence-corrected chi connectivity index (χ0v) is 12.5. The van der Waals surface area contributed by atoms with Crippen LogP contribution in [-0.2, 0) is 21.7 Å². The summed E-state index contributed by atoms with van der Waals surface area (Å²) in [5, 5.41) is 0. The summed E-state index contributed by atoms with van der Waals surface area (Å²) >= 11 is 0. The molecule has 1 N–H and O–H groups in total. The van der Waals surface area contributed by atoms with E-state index in [9.17, 15) is 0 Å². The Hall–Kier alpha value is 1.25. The molecule has 0 aromatic rings. The van der Waals surface area contributed by atoms with Crippen LogP contribution in [0.1, 0.15) is 46.5 Å². The van der Waals surface area contributed by atoms with Gasteiger partial charge in [0.2, 0.25) is 0 Å². The molecule has 1 aliphatic carbocycles. The first-order valence-corrected chi connectivity index (χ1v) is 4.71. The molecule has 1 saturated carbocycles. The minimum atomic E-state index is 0. The molecule has 14 heavy (non-hydrogen) atoms. The van der Waals surface area contributed by atoms with Crippen LogP contribution in [0.3, 0.4) is 0 Å². The van der Waals surface area contributed by atoms with Crippen molar-refractivity contribution < 1.29 is 21.7 Å². The molecule has 1 fully saturated rings. The van der Waals surface area contributed by atoms with Crippen molar-refractivity contribution in [2.24, 2.45) is 11.3 Å². The number of rotatable bonds is 0. The molecule has 86 valence electrons. The Morgan fingerprint density at radius 3 is 1.57 bits per heavy atom. The molecule has 0 bridgehead atoms. The van der Waals surface area contributed by atoms with Crippen molar-refractivity contribution in [3.8, 4) is 0 Å². The summed E-state index contributed by atoms with van der Waals surface area (Å²) in [5.41, 5.74) is 8.04. The summed E-state index contributed by atoms with van der Waals surface area (Å²) in [6, 6.07) is 0.244. The van der Waals surface area contributed by atoms with Gasteiger partial charge in [-0.05, 0) is 11.3 Å². The van der Waals surface area contributed by atoms with Gasteiger partial charge in [-0.3, -0.25) is 0 Å². The van der Waals surface area contributed by atoms with Crippen LogP contribution in [0.2, 0.25) is 0 Å². The van der Waals surface area contributed by atoms with Gasteiger partial charge < -0.3 is 5.73 Å². The van der Waals surface area contributed by atoms with Gasteiger partial charge >= 0.3 is 0 Å². The standard InChI is InChI=1S/C10H20N.2ClH.Ti/c1-10(2,3)8-4-6-9(11)7-5-8;;;/h8-9,11H,4-7H2,1-3H3;2*1H;/q-1;;;. The third kappa shape index (κ3) is 6.69. The van der Waals surface area contributed by atoms with Crippen molar-refractivity contribution in [1.29, 1.82) is 0 Å². The van der Waals surface area contributed by atoms with E-state index in [0.717, 1.165) is 18.8 Å². The molecule has 0 atom stereocenters. The van der Waals surface area contributed by atoms with Gasteiger partial charge in [0.15, 0.2) is 0 Å². The molecule has 0 unspecified atom stereocenters. The van der Waals surface area contributed by atoms with Gasteiger partial charge in [0.1, 0.15) is 0 Å². The van der Waals surface area contributed by atoms with E-state index in [0.29, 0.717) is 5.41 Å². The monoisotopic (exact) mass is 274 g/mol. The van der Waals surface area contributed by atoms with Gasteiger partial charge in [-0.15, -0.1) is 30.9 Å². The van der Waals surface area contributed by atoms with E-state index in [-0.39, 0.29) is 52.6 Å². The molecule has 1 rings (SSSR count). The van der Waals surface area contributed by atoms with Crippen molar-refractivity contribution in [2.45, 2.75) is 52.5 Å². The first kappa shape index (κ1) is 20.6. The number of hydrogen-bond acceptors (Lipinski definition) is 0. The predicted octanol–water partition coefficient (Wildman–Crippen LogP) is 4.48. The molecule has 0 aliphatic heterocycles. The molecule has 0 spiro atoms. The van der Waals surface area contributed by atoms with Crippen molar-refractivity contribution >= 4 is 24.8 Å². The minimum Gasteiger partial charge on any atom is -0.675 e. The summed E-state index contributed by atoms with van der Waals surface area (Å²) in [6.07, 6.45) is 4.80. The summed E-state index contributed by atoms with van der Waals surface area (Å²) < 4.78 is 0. The first-order valence-electron chi connectivity index (χ1n) is 4.71. The average Bonchev–Trinajstić information content (AvgIpc) is 1.86. The Morgan fingerprint density at radius 1 is 0.929 bits per heavy atom. The molecule has 1 aliphatic rings. The number of hydrogen-bond donors (Lipinski definition) is 0. The summed E-state index contributed by atoms with van der Waals surface area (Å²) in [4.78, 5) is 0. The number of nitrogens with one attached hydrogen (secondary N) is 1. The maximum Gasteiger partial charge on any atom is 0 e. The fourth-order valence-corrected chi connectivity index (χ4v) is 1.96. The smallest absolute Gasteiger partial charge is 0 e. The summed E-state index contributed by atoms with van der Waals surface area (Å²) in [7, 11) is 0. The Bertz CT molecular complexity index is 129. The van der Waals surface area contributed by atoms with Gasteiger partial charge in [0.05, 0.1) is 0 Å². The van der Waals surface area contributed by atoms with Gasteiger partial charge in [-0.25, -0.2) is 0 Å². The Balaban J connectivity index is -0.000000403. The van der Waals surface area contributed by atoms with E-state index in [4.69, 9.17) is 5.73 Å². The van der Waals surface area contributed by atoms with E-state index in [1.165, 1.54) is 12.8 Å². The maximum atomic E-state index is 7.57. The van der Waals surface area contributed by atoms with Crippen molar-refractivity contribution in [3.63, 3.8) is 0 Å². The van der Waals surface area contributed by atoms with Crippen LogP contribution < -0.4 is 0 Å². The first-order chi connectivity index (χ1) is 5.00. The van der Waals surface area contributed by atoms with Crippen LogP contribution in [0.15, 0.2) is 0 Å². The third-order valence-corrected chi connectivity index (χ3v) is 2.95. The van der Waals surface area contributed by atoms with Gasteiger partial charge in [-0.1, -0.05) is 46.5 Å². The van der Waals surface area contributed by atoms with E-state index in [1.54, 1.807) is 0 Å². The molecular weight excluding hydrogens is 253 g/mol. The fraction of sp³-hybridized carbons (Fsp3) is 1.00. The number of halogens is 2.